The minimum Gasteiger partial charge on any atom is -0.481 e. The SMILES string of the molecule is CC(C)CCCC(C)NC(=O)C(C)Oc1ccc(C#N)cc1. The summed E-state index contributed by atoms with van der Waals surface area (Å²) in [4.78, 5) is 12.1. The van der Waals surface area contributed by atoms with Gasteiger partial charge in [0.15, 0.2) is 6.10 Å². The van der Waals surface area contributed by atoms with Crippen LogP contribution in [0.5, 0.6) is 5.75 Å². The third-order valence-corrected chi connectivity index (χ3v) is 3.47. The highest BCUT2D eigenvalue weighted by Crippen LogP contribution is 2.14. The van der Waals surface area contributed by atoms with E-state index in [4.69, 9.17) is 10.00 Å². The molecule has 1 N–H and O–H groups in total. The van der Waals surface area contributed by atoms with Crippen LogP contribution in [0.1, 0.15) is 52.5 Å². The zero-order valence-corrected chi connectivity index (χ0v) is 13.9. The van der Waals surface area contributed by atoms with Gasteiger partial charge in [-0.15, -0.1) is 0 Å². The second-order valence-electron chi connectivity index (χ2n) is 6.13. The molecule has 0 spiro atoms. The largest absolute Gasteiger partial charge is 0.481 e. The number of carbonyl (C=O) groups is 1. The summed E-state index contributed by atoms with van der Waals surface area (Å²) in [5, 5.41) is 11.7. The summed E-state index contributed by atoms with van der Waals surface area (Å²) in [5.74, 6) is 1.18. The molecule has 1 aromatic carbocycles. The van der Waals surface area contributed by atoms with E-state index in [-0.39, 0.29) is 11.9 Å². The molecule has 0 aliphatic rings. The number of rotatable bonds is 8. The molecule has 120 valence electrons. The van der Waals surface area contributed by atoms with Crippen LogP contribution in [-0.4, -0.2) is 18.1 Å². The van der Waals surface area contributed by atoms with Gasteiger partial charge in [0, 0.05) is 6.04 Å². The van der Waals surface area contributed by atoms with Gasteiger partial charge in [-0.1, -0.05) is 26.7 Å². The zero-order valence-electron chi connectivity index (χ0n) is 13.9. The van der Waals surface area contributed by atoms with Crippen LogP contribution in [0.4, 0.5) is 0 Å². The normalized spacial score (nSPS) is 13.3. The Morgan fingerprint density at radius 1 is 1.18 bits per heavy atom. The van der Waals surface area contributed by atoms with E-state index in [1.807, 2.05) is 13.0 Å². The Morgan fingerprint density at radius 2 is 1.82 bits per heavy atom. The van der Waals surface area contributed by atoms with Gasteiger partial charge in [0.2, 0.25) is 0 Å². The first-order valence-corrected chi connectivity index (χ1v) is 7.89. The molecule has 0 bridgehead atoms. The van der Waals surface area contributed by atoms with Crippen LogP contribution in [0.15, 0.2) is 24.3 Å². The first-order chi connectivity index (χ1) is 10.4. The highest BCUT2D eigenvalue weighted by molar-refractivity contribution is 5.80. The Kier molecular flexibility index (Phi) is 7.45. The van der Waals surface area contributed by atoms with Crippen molar-refractivity contribution in [2.45, 2.75) is 59.1 Å². The number of amides is 1. The van der Waals surface area contributed by atoms with Crippen molar-refractivity contribution in [3.05, 3.63) is 29.8 Å². The lowest BCUT2D eigenvalue weighted by atomic mass is 10.0. The van der Waals surface area contributed by atoms with Crippen LogP contribution in [0.25, 0.3) is 0 Å². The number of ether oxygens (including phenoxy) is 1. The smallest absolute Gasteiger partial charge is 0.260 e. The third kappa shape index (κ3) is 6.62. The van der Waals surface area contributed by atoms with Crippen molar-refractivity contribution >= 4 is 5.91 Å². The van der Waals surface area contributed by atoms with Gasteiger partial charge in [0.1, 0.15) is 5.75 Å². The van der Waals surface area contributed by atoms with Crippen molar-refractivity contribution in [1.82, 2.24) is 5.32 Å². The monoisotopic (exact) mass is 302 g/mol. The number of nitrogens with one attached hydrogen (secondary N) is 1. The van der Waals surface area contributed by atoms with Crippen LogP contribution in [0.3, 0.4) is 0 Å². The second-order valence-corrected chi connectivity index (χ2v) is 6.13. The molecule has 0 saturated carbocycles. The molecular weight excluding hydrogens is 276 g/mol. The van der Waals surface area contributed by atoms with Gasteiger partial charge in [-0.3, -0.25) is 4.79 Å². The highest BCUT2D eigenvalue weighted by atomic mass is 16.5. The molecule has 0 heterocycles. The predicted octanol–water partition coefficient (Wildman–Crippen LogP) is 3.66. The van der Waals surface area contributed by atoms with Gasteiger partial charge in [-0.2, -0.15) is 5.26 Å². The number of hydrogen-bond acceptors (Lipinski definition) is 3. The van der Waals surface area contributed by atoms with E-state index in [0.29, 0.717) is 17.2 Å². The topological polar surface area (TPSA) is 62.1 Å². The quantitative estimate of drug-likeness (QED) is 0.797. The average molecular weight is 302 g/mol. The van der Waals surface area contributed by atoms with Gasteiger partial charge < -0.3 is 10.1 Å². The molecule has 22 heavy (non-hydrogen) atoms. The summed E-state index contributed by atoms with van der Waals surface area (Å²) in [6.45, 7) is 8.16. The Bertz CT molecular complexity index is 503. The Labute approximate surface area is 133 Å². The molecule has 2 unspecified atom stereocenters. The van der Waals surface area contributed by atoms with E-state index in [0.717, 1.165) is 12.8 Å². The van der Waals surface area contributed by atoms with Gasteiger partial charge in [0.05, 0.1) is 11.6 Å². The maximum Gasteiger partial charge on any atom is 0.260 e. The van der Waals surface area contributed by atoms with E-state index >= 15 is 0 Å². The van der Waals surface area contributed by atoms with Gasteiger partial charge in [-0.05, 0) is 50.5 Å². The van der Waals surface area contributed by atoms with Gasteiger partial charge in [0.25, 0.3) is 5.91 Å². The molecule has 0 aromatic heterocycles. The van der Waals surface area contributed by atoms with Crippen molar-refractivity contribution in [3.63, 3.8) is 0 Å². The minimum absolute atomic E-state index is 0.110. The molecule has 0 radical (unpaired) electrons. The first-order valence-electron chi connectivity index (χ1n) is 7.89. The Balaban J connectivity index is 2.39. The van der Waals surface area contributed by atoms with E-state index in [9.17, 15) is 4.79 Å². The van der Waals surface area contributed by atoms with Crippen LogP contribution >= 0.6 is 0 Å². The number of carbonyl (C=O) groups excluding carboxylic acids is 1. The third-order valence-electron chi connectivity index (χ3n) is 3.47. The Hall–Kier alpha value is -2.02. The lowest BCUT2D eigenvalue weighted by molar-refractivity contribution is -0.127. The van der Waals surface area contributed by atoms with E-state index in [1.54, 1.807) is 31.2 Å². The molecule has 0 fully saturated rings. The maximum absolute atomic E-state index is 12.1. The van der Waals surface area contributed by atoms with E-state index < -0.39 is 6.10 Å². The summed E-state index contributed by atoms with van der Waals surface area (Å²) in [6.07, 6.45) is 2.72. The molecule has 0 aliphatic heterocycles. The summed E-state index contributed by atoms with van der Waals surface area (Å²) in [7, 11) is 0. The number of nitriles is 1. The minimum atomic E-state index is -0.555. The predicted molar refractivity (Wildman–Crippen MR) is 87.5 cm³/mol. The maximum atomic E-state index is 12.1. The summed E-state index contributed by atoms with van der Waals surface area (Å²) >= 11 is 0. The van der Waals surface area contributed by atoms with Crippen molar-refractivity contribution in [1.29, 1.82) is 5.26 Å². The molecule has 0 aliphatic carbocycles. The zero-order chi connectivity index (χ0) is 16.5. The summed E-state index contributed by atoms with van der Waals surface area (Å²) in [6, 6.07) is 8.96. The molecule has 1 rings (SSSR count). The molecule has 4 heteroatoms. The van der Waals surface area contributed by atoms with Crippen LogP contribution in [0, 0.1) is 17.2 Å². The number of benzene rings is 1. The number of nitrogens with zero attached hydrogens (tertiary/aromatic N) is 1. The average Bonchev–Trinajstić information content (AvgIpc) is 2.47. The van der Waals surface area contributed by atoms with Crippen LogP contribution in [0.2, 0.25) is 0 Å². The van der Waals surface area contributed by atoms with Crippen LogP contribution in [-0.2, 0) is 4.79 Å². The van der Waals surface area contributed by atoms with Crippen molar-refractivity contribution in [2.24, 2.45) is 5.92 Å². The summed E-state index contributed by atoms with van der Waals surface area (Å²) < 4.78 is 5.60. The molecule has 1 amide bonds. The summed E-state index contributed by atoms with van der Waals surface area (Å²) in [5.41, 5.74) is 0.572. The Morgan fingerprint density at radius 3 is 2.36 bits per heavy atom. The fourth-order valence-electron chi connectivity index (χ4n) is 2.13. The number of hydrogen-bond donors (Lipinski definition) is 1. The molecule has 1 aromatic rings. The molecule has 2 atom stereocenters. The van der Waals surface area contributed by atoms with Gasteiger partial charge in [-0.25, -0.2) is 0 Å². The van der Waals surface area contributed by atoms with Gasteiger partial charge >= 0.3 is 0 Å². The molecule has 4 nitrogen and oxygen atoms in total. The lowest BCUT2D eigenvalue weighted by Crippen LogP contribution is -2.41. The first kappa shape index (κ1) is 18.0. The standard InChI is InChI=1S/C18H26N2O2/c1-13(2)6-5-7-14(3)20-18(21)15(4)22-17-10-8-16(12-19)9-11-17/h8-11,13-15H,5-7H2,1-4H3,(H,20,21). The van der Waals surface area contributed by atoms with Crippen molar-refractivity contribution < 1.29 is 9.53 Å². The lowest BCUT2D eigenvalue weighted by Gasteiger charge is -2.19. The molecular formula is C18H26N2O2. The fourth-order valence-corrected chi connectivity index (χ4v) is 2.13. The molecule has 0 saturated heterocycles. The fraction of sp³-hybridized carbons (Fsp3) is 0.556. The van der Waals surface area contributed by atoms with Crippen molar-refractivity contribution in [2.75, 3.05) is 0 Å². The van der Waals surface area contributed by atoms with E-state index in [1.165, 1.54) is 6.42 Å². The second kappa shape index (κ2) is 9.09. The highest BCUT2D eigenvalue weighted by Gasteiger charge is 2.16. The van der Waals surface area contributed by atoms with Crippen LogP contribution < -0.4 is 10.1 Å². The van der Waals surface area contributed by atoms with E-state index in [2.05, 4.69) is 19.2 Å². The van der Waals surface area contributed by atoms with Crippen molar-refractivity contribution in [3.8, 4) is 11.8 Å².